The zero-order valence-electron chi connectivity index (χ0n) is 17.6. The van der Waals surface area contributed by atoms with Gasteiger partial charge in [0, 0.05) is 42.3 Å². The number of aryl methyl sites for hydroxylation is 2. The monoisotopic (exact) mass is 405 g/mol. The van der Waals surface area contributed by atoms with Gasteiger partial charge in [-0.3, -0.25) is 9.59 Å². The fourth-order valence-electron chi connectivity index (χ4n) is 3.98. The van der Waals surface area contributed by atoms with Crippen LogP contribution in [0.2, 0.25) is 0 Å². The van der Waals surface area contributed by atoms with E-state index >= 15 is 0 Å². The normalized spacial score (nSPS) is 16.3. The molecule has 6 heteroatoms. The fraction of sp³-hybridized carbons (Fsp3) is 0.333. The molecule has 30 heavy (non-hydrogen) atoms. The third-order valence-corrected chi connectivity index (χ3v) is 5.97. The maximum Gasteiger partial charge on any atom is 0.227 e. The van der Waals surface area contributed by atoms with Crippen molar-refractivity contribution in [1.82, 2.24) is 10.3 Å². The van der Waals surface area contributed by atoms with Crippen molar-refractivity contribution in [3.05, 3.63) is 59.3 Å². The molecule has 0 bridgehead atoms. The molecule has 6 nitrogen and oxygen atoms in total. The van der Waals surface area contributed by atoms with Crippen LogP contribution in [0.1, 0.15) is 23.1 Å². The summed E-state index contributed by atoms with van der Waals surface area (Å²) in [5.74, 6) is 0.430. The maximum absolute atomic E-state index is 12.7. The first-order valence-corrected chi connectivity index (χ1v) is 10.3. The second-order valence-corrected chi connectivity index (χ2v) is 7.94. The topological polar surface area (TPSA) is 74.4 Å². The molecule has 0 aliphatic carbocycles. The van der Waals surface area contributed by atoms with Crippen LogP contribution in [0.3, 0.4) is 0 Å². The molecule has 1 unspecified atom stereocenters. The average Bonchev–Trinajstić information content (AvgIpc) is 3.33. The SMILES string of the molecule is COc1ccc2[nH]cc(CCNC(=O)C3CC(=O)N(c4ccc(C)c(C)c4)C3)c2c1. The van der Waals surface area contributed by atoms with Gasteiger partial charge >= 0.3 is 0 Å². The van der Waals surface area contributed by atoms with E-state index in [-0.39, 0.29) is 24.2 Å². The Morgan fingerprint density at radius 2 is 2.03 bits per heavy atom. The van der Waals surface area contributed by atoms with Crippen LogP contribution in [0.25, 0.3) is 10.9 Å². The smallest absolute Gasteiger partial charge is 0.227 e. The fourth-order valence-corrected chi connectivity index (χ4v) is 3.98. The molecule has 3 aromatic rings. The van der Waals surface area contributed by atoms with Crippen molar-refractivity contribution >= 4 is 28.4 Å². The molecular formula is C24H27N3O3. The van der Waals surface area contributed by atoms with Crippen LogP contribution >= 0.6 is 0 Å². The number of hydrogen-bond donors (Lipinski definition) is 2. The summed E-state index contributed by atoms with van der Waals surface area (Å²) in [5.41, 5.74) is 5.37. The van der Waals surface area contributed by atoms with E-state index in [9.17, 15) is 9.59 Å². The zero-order valence-corrected chi connectivity index (χ0v) is 17.6. The van der Waals surface area contributed by atoms with Gasteiger partial charge < -0.3 is 19.9 Å². The quantitative estimate of drug-likeness (QED) is 0.659. The number of fused-ring (bicyclic) bond motifs is 1. The number of carbonyl (C=O) groups is 2. The van der Waals surface area contributed by atoms with Crippen molar-refractivity contribution < 1.29 is 14.3 Å². The van der Waals surface area contributed by atoms with Gasteiger partial charge in [-0.15, -0.1) is 0 Å². The number of ether oxygens (including phenoxy) is 1. The summed E-state index contributed by atoms with van der Waals surface area (Å²) >= 11 is 0. The number of H-pyrrole nitrogens is 1. The molecular weight excluding hydrogens is 378 g/mol. The highest BCUT2D eigenvalue weighted by Gasteiger charge is 2.35. The minimum Gasteiger partial charge on any atom is -0.497 e. The molecule has 0 spiro atoms. The first-order valence-electron chi connectivity index (χ1n) is 10.3. The van der Waals surface area contributed by atoms with Crippen molar-refractivity contribution in [2.24, 2.45) is 5.92 Å². The maximum atomic E-state index is 12.7. The summed E-state index contributed by atoms with van der Waals surface area (Å²) in [4.78, 5) is 30.1. The Hall–Kier alpha value is -3.28. The number of aromatic nitrogens is 1. The molecule has 1 aromatic heterocycles. The van der Waals surface area contributed by atoms with Gasteiger partial charge in [-0.25, -0.2) is 0 Å². The van der Waals surface area contributed by atoms with Crippen molar-refractivity contribution in [2.75, 3.05) is 25.1 Å². The van der Waals surface area contributed by atoms with Crippen molar-refractivity contribution in [2.45, 2.75) is 26.7 Å². The number of benzene rings is 2. The highest BCUT2D eigenvalue weighted by molar-refractivity contribution is 6.00. The Kier molecular flexibility index (Phi) is 5.48. The summed E-state index contributed by atoms with van der Waals surface area (Å²) in [6, 6.07) is 11.9. The lowest BCUT2D eigenvalue weighted by Crippen LogP contribution is -2.34. The number of methoxy groups -OCH3 is 1. The van der Waals surface area contributed by atoms with E-state index in [0.717, 1.165) is 33.5 Å². The molecule has 0 saturated carbocycles. The second kappa shape index (κ2) is 8.22. The molecule has 2 N–H and O–H groups in total. The molecule has 1 aliphatic heterocycles. The number of anilines is 1. The summed E-state index contributed by atoms with van der Waals surface area (Å²) < 4.78 is 5.31. The van der Waals surface area contributed by atoms with Crippen LogP contribution in [0.15, 0.2) is 42.6 Å². The van der Waals surface area contributed by atoms with Crippen LogP contribution in [0.4, 0.5) is 5.69 Å². The lowest BCUT2D eigenvalue weighted by molar-refractivity contribution is -0.126. The molecule has 1 atom stereocenters. The Morgan fingerprint density at radius 3 is 2.80 bits per heavy atom. The molecule has 1 aliphatic rings. The van der Waals surface area contributed by atoms with E-state index in [0.29, 0.717) is 19.5 Å². The van der Waals surface area contributed by atoms with Crippen LogP contribution in [0.5, 0.6) is 5.75 Å². The molecule has 156 valence electrons. The zero-order chi connectivity index (χ0) is 21.3. The number of aromatic amines is 1. The number of amides is 2. The summed E-state index contributed by atoms with van der Waals surface area (Å²) in [6.45, 7) is 5.03. The summed E-state index contributed by atoms with van der Waals surface area (Å²) in [5, 5.41) is 4.10. The van der Waals surface area contributed by atoms with E-state index < -0.39 is 0 Å². The highest BCUT2D eigenvalue weighted by atomic mass is 16.5. The lowest BCUT2D eigenvalue weighted by Gasteiger charge is -2.18. The Balaban J connectivity index is 1.36. The minimum absolute atomic E-state index is 0.00197. The van der Waals surface area contributed by atoms with Gasteiger partial charge in [0.1, 0.15) is 5.75 Å². The second-order valence-electron chi connectivity index (χ2n) is 7.94. The van der Waals surface area contributed by atoms with Gasteiger partial charge in [0.2, 0.25) is 11.8 Å². The number of nitrogens with zero attached hydrogens (tertiary/aromatic N) is 1. The predicted octanol–water partition coefficient (Wildman–Crippen LogP) is 3.51. The van der Waals surface area contributed by atoms with Crippen LogP contribution < -0.4 is 15.0 Å². The molecule has 2 heterocycles. The van der Waals surface area contributed by atoms with Gasteiger partial charge in [0.15, 0.2) is 0 Å². The van der Waals surface area contributed by atoms with Gasteiger partial charge in [-0.05, 0) is 67.3 Å². The van der Waals surface area contributed by atoms with Crippen LogP contribution in [-0.4, -0.2) is 37.0 Å². The standard InChI is InChI=1S/C24H27N3O3/c1-15-4-5-19(10-16(15)2)27-14-18(11-23(27)28)24(29)25-9-8-17-13-26-22-7-6-20(30-3)12-21(17)22/h4-7,10,12-13,18,26H,8-9,11,14H2,1-3H3,(H,25,29). The molecule has 2 amide bonds. The van der Waals surface area contributed by atoms with E-state index in [2.05, 4.69) is 10.3 Å². The van der Waals surface area contributed by atoms with Crippen LogP contribution in [0, 0.1) is 19.8 Å². The van der Waals surface area contributed by atoms with Gasteiger partial charge in [0.05, 0.1) is 13.0 Å². The van der Waals surface area contributed by atoms with Gasteiger partial charge in [0.25, 0.3) is 0 Å². The Labute approximate surface area is 176 Å². The molecule has 1 fully saturated rings. The third-order valence-electron chi connectivity index (χ3n) is 5.97. The van der Waals surface area contributed by atoms with Crippen molar-refractivity contribution in [3.63, 3.8) is 0 Å². The number of carbonyl (C=O) groups excluding carboxylic acids is 2. The molecule has 0 radical (unpaired) electrons. The molecule has 4 rings (SSSR count). The summed E-state index contributed by atoms with van der Waals surface area (Å²) in [6.07, 6.45) is 2.93. The van der Waals surface area contributed by atoms with Crippen LogP contribution in [-0.2, 0) is 16.0 Å². The van der Waals surface area contributed by atoms with Crippen molar-refractivity contribution in [3.8, 4) is 5.75 Å². The molecule has 1 saturated heterocycles. The molecule has 2 aromatic carbocycles. The largest absolute Gasteiger partial charge is 0.497 e. The summed E-state index contributed by atoms with van der Waals surface area (Å²) in [7, 11) is 1.65. The van der Waals surface area contributed by atoms with E-state index in [1.165, 1.54) is 5.56 Å². The number of rotatable bonds is 6. The number of nitrogens with one attached hydrogen (secondary N) is 2. The number of hydrogen-bond acceptors (Lipinski definition) is 3. The first-order chi connectivity index (χ1) is 14.5. The van der Waals surface area contributed by atoms with Gasteiger partial charge in [-0.2, -0.15) is 0 Å². The highest BCUT2D eigenvalue weighted by Crippen LogP contribution is 2.27. The first kappa shape index (κ1) is 20.0. The third kappa shape index (κ3) is 3.90. The predicted molar refractivity (Wildman–Crippen MR) is 118 cm³/mol. The van der Waals surface area contributed by atoms with Gasteiger partial charge in [-0.1, -0.05) is 6.07 Å². The van der Waals surface area contributed by atoms with E-state index in [4.69, 9.17) is 4.74 Å². The lowest BCUT2D eigenvalue weighted by atomic mass is 10.1. The van der Waals surface area contributed by atoms with Crippen molar-refractivity contribution in [1.29, 1.82) is 0 Å². The van der Waals surface area contributed by atoms with E-state index in [1.807, 2.05) is 56.4 Å². The Morgan fingerprint density at radius 1 is 1.20 bits per heavy atom. The minimum atomic E-state index is -0.317. The van der Waals surface area contributed by atoms with E-state index in [1.54, 1.807) is 12.0 Å². The Bertz CT molecular complexity index is 1100. The average molecular weight is 405 g/mol.